The Kier molecular flexibility index (Phi) is 24.0. The average molecular weight is 1080 g/mol. The molecule has 0 aromatic heterocycles. The van der Waals surface area contributed by atoms with Crippen LogP contribution in [0.3, 0.4) is 0 Å². The molecule has 1 amide bonds. The predicted molar refractivity (Wildman–Crippen MR) is 229 cm³/mol. The lowest BCUT2D eigenvalue weighted by Gasteiger charge is -2.49. The lowest BCUT2D eigenvalue weighted by Crippen LogP contribution is -2.68. The summed E-state index contributed by atoms with van der Waals surface area (Å²) in [6.45, 7) is -3.63. The Labute approximate surface area is 416 Å². The Bertz CT molecular complexity index is 1630. The topological polar surface area (TPSA) is 518 Å². The van der Waals surface area contributed by atoms with Gasteiger partial charge in [0.25, 0.3) is 5.91 Å². The third-order valence-corrected chi connectivity index (χ3v) is 13.3. The number of methoxy groups -OCH3 is 1. The quantitative estimate of drug-likeness (QED) is 0.0399. The van der Waals surface area contributed by atoms with Gasteiger partial charge >= 0.3 is 0 Å². The van der Waals surface area contributed by atoms with Gasteiger partial charge in [0, 0.05) is 20.2 Å². The van der Waals surface area contributed by atoms with Gasteiger partial charge in [-0.25, -0.2) is 0 Å². The van der Waals surface area contributed by atoms with Crippen LogP contribution in [0, 0.1) is 0 Å². The van der Waals surface area contributed by atoms with Crippen molar-refractivity contribution in [3.05, 3.63) is 0 Å². The van der Waals surface area contributed by atoms with E-state index in [1.807, 2.05) is 0 Å². The molecular weight excluding hydrogens is 1000 g/mol. The standard InChI is InChI=1S/C41H74N2O30/c1-12-19(51)33(23(55)16(9-46)65-12)70-40-29(61)34(24(56)18(11-48)68-40)71-41-30(62)35(72-39-28(60)32(64-2)22(54)17(10-47)67-39)27(59)36(73-41)37(63)43-5-3-4-42-6-13(49)20(52)31(14(50)7-44)69-38-26(58)25(57)21(53)15(8-45)66-38/h12-36,38-42,44-62H,3-11H2,1-2H3,(H,43,63). The first-order valence-corrected chi connectivity index (χ1v) is 23.6. The van der Waals surface area contributed by atoms with Crippen molar-refractivity contribution in [1.29, 1.82) is 0 Å². The van der Waals surface area contributed by atoms with Crippen LogP contribution >= 0.6 is 0 Å². The Morgan fingerprint density at radius 3 is 1.48 bits per heavy atom. The molecule has 5 aliphatic rings. The molecule has 0 saturated carbocycles. The summed E-state index contributed by atoms with van der Waals surface area (Å²) < 4.78 is 55.3. The Balaban J connectivity index is 1.27. The third-order valence-electron chi connectivity index (χ3n) is 13.3. The van der Waals surface area contributed by atoms with Gasteiger partial charge in [-0.05, 0) is 19.9 Å². The summed E-state index contributed by atoms with van der Waals surface area (Å²) >= 11 is 0. The molecule has 5 heterocycles. The molecule has 5 fully saturated rings. The summed E-state index contributed by atoms with van der Waals surface area (Å²) in [5.41, 5.74) is 0. The van der Waals surface area contributed by atoms with Crippen molar-refractivity contribution in [1.82, 2.24) is 10.6 Å². The van der Waals surface area contributed by atoms with Gasteiger partial charge in [0.1, 0.15) is 134 Å². The maximum atomic E-state index is 13.8. The van der Waals surface area contributed by atoms with Crippen LogP contribution in [0.4, 0.5) is 0 Å². The molecule has 32 heteroatoms. The summed E-state index contributed by atoms with van der Waals surface area (Å²) in [7, 11) is 1.11. The van der Waals surface area contributed by atoms with E-state index in [1.165, 1.54) is 6.92 Å². The largest absolute Gasteiger partial charge is 0.394 e. The fourth-order valence-corrected chi connectivity index (χ4v) is 8.94. The fraction of sp³-hybridized carbons (Fsp3) is 0.976. The van der Waals surface area contributed by atoms with Crippen molar-refractivity contribution in [3.63, 3.8) is 0 Å². The molecule has 32 nitrogen and oxygen atoms in total. The van der Waals surface area contributed by atoms with Gasteiger partial charge < -0.3 is 155 Å². The van der Waals surface area contributed by atoms with E-state index in [9.17, 15) is 102 Å². The maximum Gasteiger partial charge on any atom is 0.252 e. The summed E-state index contributed by atoms with van der Waals surface area (Å²) in [5.74, 6) is -1.11. The number of hydrogen-bond acceptors (Lipinski definition) is 31. The van der Waals surface area contributed by atoms with Crippen LogP contribution in [0.25, 0.3) is 0 Å². The molecule has 0 aromatic rings. The molecule has 21 N–H and O–H groups in total. The van der Waals surface area contributed by atoms with E-state index in [1.54, 1.807) is 0 Å². The smallest absolute Gasteiger partial charge is 0.252 e. The number of carbonyl (C=O) groups excluding carboxylic acids is 1. The van der Waals surface area contributed by atoms with Crippen molar-refractivity contribution in [3.8, 4) is 0 Å². The van der Waals surface area contributed by atoms with Gasteiger partial charge in [0.2, 0.25) is 0 Å². The first kappa shape index (κ1) is 62.1. The van der Waals surface area contributed by atoms with Gasteiger partial charge in [-0.15, -0.1) is 0 Å². The van der Waals surface area contributed by atoms with Crippen molar-refractivity contribution in [2.45, 2.75) is 191 Å². The molecule has 5 saturated heterocycles. The van der Waals surface area contributed by atoms with Crippen LogP contribution in [-0.2, 0) is 52.2 Å². The Hall–Kier alpha value is -1.73. The van der Waals surface area contributed by atoms with E-state index in [0.29, 0.717) is 0 Å². The molecule has 428 valence electrons. The highest BCUT2D eigenvalue weighted by Crippen LogP contribution is 2.35. The molecule has 29 unspecified atom stereocenters. The van der Waals surface area contributed by atoms with Crippen LogP contribution in [0.15, 0.2) is 0 Å². The van der Waals surface area contributed by atoms with Crippen molar-refractivity contribution in [2.75, 3.05) is 59.8 Å². The summed E-state index contributed by atoms with van der Waals surface area (Å²) in [4.78, 5) is 13.8. The van der Waals surface area contributed by atoms with E-state index in [4.69, 9.17) is 47.4 Å². The second kappa shape index (κ2) is 28.2. The third kappa shape index (κ3) is 14.3. The zero-order chi connectivity index (χ0) is 54.2. The van der Waals surface area contributed by atoms with E-state index < -0.39 is 223 Å². The fourth-order valence-electron chi connectivity index (χ4n) is 8.94. The highest BCUT2D eigenvalue weighted by Gasteiger charge is 2.57. The summed E-state index contributed by atoms with van der Waals surface area (Å²) in [5, 5.41) is 206. The normalized spacial score (nSPS) is 45.3. The van der Waals surface area contributed by atoms with Crippen molar-refractivity contribution >= 4 is 5.91 Å². The van der Waals surface area contributed by atoms with E-state index in [2.05, 4.69) is 10.6 Å². The van der Waals surface area contributed by atoms with Gasteiger partial charge in [-0.3, -0.25) is 4.79 Å². The maximum absolute atomic E-state index is 13.8. The monoisotopic (exact) mass is 1070 g/mol. The molecule has 29 atom stereocenters. The SMILES string of the molecule is COC1C(O)C(CO)OC(OC2C(O)C(OC3C(O)C(CO)OC(OC4C(O)C(C)OC(CO)C4O)C3O)OC(C(=O)NCCCNCC(O)C(O)C(OC3OC(CO)C(O)C(O)C3O)C(O)CO)C2O)C1O. The van der Waals surface area contributed by atoms with Gasteiger partial charge in [-0.2, -0.15) is 0 Å². The molecule has 0 bridgehead atoms. The average Bonchev–Trinajstić information content (AvgIpc) is 3.37. The molecule has 0 aliphatic carbocycles. The lowest BCUT2D eigenvalue weighted by atomic mass is 9.94. The zero-order valence-electron chi connectivity index (χ0n) is 39.6. The summed E-state index contributed by atoms with van der Waals surface area (Å²) in [6, 6.07) is 0. The highest BCUT2D eigenvalue weighted by atomic mass is 16.8. The summed E-state index contributed by atoms with van der Waals surface area (Å²) in [6.07, 6.45) is -52.1. The zero-order valence-corrected chi connectivity index (χ0v) is 39.6. The number of carbonyl (C=O) groups is 1. The molecule has 0 aromatic carbocycles. The number of aliphatic hydroxyl groups excluding tert-OH is 19. The van der Waals surface area contributed by atoms with Crippen LogP contribution in [0.5, 0.6) is 0 Å². The Morgan fingerprint density at radius 2 is 0.959 bits per heavy atom. The lowest BCUT2D eigenvalue weighted by molar-refractivity contribution is -0.383. The van der Waals surface area contributed by atoms with Gasteiger partial charge in [0.05, 0.1) is 45.2 Å². The molecule has 0 spiro atoms. The highest BCUT2D eigenvalue weighted by molar-refractivity contribution is 5.81. The van der Waals surface area contributed by atoms with Crippen molar-refractivity contribution in [2.24, 2.45) is 0 Å². The number of hydrogen-bond donors (Lipinski definition) is 21. The number of rotatable bonds is 24. The van der Waals surface area contributed by atoms with E-state index in [0.717, 1.165) is 7.11 Å². The van der Waals surface area contributed by atoms with Gasteiger partial charge in [-0.1, -0.05) is 0 Å². The number of nitrogens with one attached hydrogen (secondary N) is 2. The van der Waals surface area contributed by atoms with Crippen LogP contribution < -0.4 is 10.6 Å². The van der Waals surface area contributed by atoms with Crippen molar-refractivity contribution < 1.29 is 149 Å². The predicted octanol–water partition coefficient (Wildman–Crippen LogP) is -13.7. The second-order valence-corrected chi connectivity index (χ2v) is 18.3. The van der Waals surface area contributed by atoms with E-state index >= 15 is 0 Å². The first-order chi connectivity index (χ1) is 34.6. The minimum Gasteiger partial charge on any atom is -0.394 e. The molecule has 5 rings (SSSR count). The van der Waals surface area contributed by atoms with E-state index in [-0.39, 0.29) is 19.5 Å². The van der Waals surface area contributed by atoms with Crippen LogP contribution in [0.2, 0.25) is 0 Å². The molecular formula is C41H74N2O30. The second-order valence-electron chi connectivity index (χ2n) is 18.3. The number of aliphatic hydroxyl groups is 19. The molecule has 0 radical (unpaired) electrons. The molecule has 73 heavy (non-hydrogen) atoms. The van der Waals surface area contributed by atoms with Crippen LogP contribution in [-0.4, -0.2) is 340 Å². The van der Waals surface area contributed by atoms with Gasteiger partial charge in [0.15, 0.2) is 31.3 Å². The number of ether oxygens (including phenoxy) is 10. The number of amides is 1. The molecule has 5 aliphatic heterocycles. The Morgan fingerprint density at radius 1 is 0.507 bits per heavy atom. The minimum absolute atomic E-state index is 0.0269. The minimum atomic E-state index is -2.22. The van der Waals surface area contributed by atoms with Crippen LogP contribution in [0.1, 0.15) is 13.3 Å². The first-order valence-electron chi connectivity index (χ1n) is 23.6.